The third kappa shape index (κ3) is 2.43. The predicted molar refractivity (Wildman–Crippen MR) is 74.9 cm³/mol. The normalized spacial score (nSPS) is 28.0. The zero-order valence-corrected chi connectivity index (χ0v) is 12.0. The van der Waals surface area contributed by atoms with Crippen LogP contribution in [0.25, 0.3) is 0 Å². The highest BCUT2D eigenvalue weighted by molar-refractivity contribution is 5.13. The first-order valence-electron chi connectivity index (χ1n) is 7.61. The van der Waals surface area contributed by atoms with E-state index in [4.69, 9.17) is 4.98 Å². The van der Waals surface area contributed by atoms with Gasteiger partial charge >= 0.3 is 0 Å². The molecular weight excluding hydrogens is 238 g/mol. The van der Waals surface area contributed by atoms with E-state index >= 15 is 0 Å². The summed E-state index contributed by atoms with van der Waals surface area (Å²) in [4.78, 5) is 7.44. The van der Waals surface area contributed by atoms with Gasteiger partial charge in [-0.15, -0.1) is 0 Å². The molecule has 3 heterocycles. The Balaban J connectivity index is 1.81. The number of hydrogen-bond acceptors (Lipinski definition) is 3. The lowest BCUT2D eigenvalue weighted by molar-refractivity contribution is 0.199. The molecule has 0 radical (unpaired) electrons. The van der Waals surface area contributed by atoms with Crippen molar-refractivity contribution in [1.29, 1.82) is 0 Å². The topological polar surface area (TPSA) is 41.3 Å². The number of aromatic nitrogens is 2. The van der Waals surface area contributed by atoms with Gasteiger partial charge < -0.3 is 9.67 Å². The molecule has 1 saturated heterocycles. The molecule has 0 saturated carbocycles. The van der Waals surface area contributed by atoms with Gasteiger partial charge in [0, 0.05) is 31.8 Å². The second kappa shape index (κ2) is 5.25. The van der Waals surface area contributed by atoms with Crippen molar-refractivity contribution in [3.63, 3.8) is 0 Å². The Morgan fingerprint density at radius 2 is 2.21 bits per heavy atom. The van der Waals surface area contributed by atoms with Gasteiger partial charge in [-0.25, -0.2) is 4.98 Å². The van der Waals surface area contributed by atoms with Crippen LogP contribution in [0, 0.1) is 5.92 Å². The number of hydrogen-bond donors (Lipinski definition) is 1. The molecule has 0 spiro atoms. The van der Waals surface area contributed by atoms with E-state index in [1.807, 2.05) is 0 Å². The minimum Gasteiger partial charge on any atom is -0.396 e. The number of imidazole rings is 1. The van der Waals surface area contributed by atoms with Crippen LogP contribution in [0.15, 0.2) is 6.20 Å². The Morgan fingerprint density at radius 1 is 1.37 bits per heavy atom. The van der Waals surface area contributed by atoms with Crippen molar-refractivity contribution in [2.45, 2.75) is 58.2 Å². The molecule has 0 aromatic carbocycles. The van der Waals surface area contributed by atoms with Crippen LogP contribution in [-0.4, -0.2) is 38.8 Å². The van der Waals surface area contributed by atoms with Crippen LogP contribution in [0.4, 0.5) is 0 Å². The molecule has 19 heavy (non-hydrogen) atoms. The van der Waals surface area contributed by atoms with Gasteiger partial charge in [0.2, 0.25) is 0 Å². The van der Waals surface area contributed by atoms with E-state index in [1.165, 1.54) is 30.9 Å². The van der Waals surface area contributed by atoms with E-state index in [-0.39, 0.29) is 0 Å². The van der Waals surface area contributed by atoms with E-state index in [2.05, 4.69) is 29.5 Å². The minimum absolute atomic E-state index is 0.295. The van der Waals surface area contributed by atoms with E-state index in [0.717, 1.165) is 19.4 Å². The summed E-state index contributed by atoms with van der Waals surface area (Å²) in [6.45, 7) is 7.06. The van der Waals surface area contributed by atoms with Crippen molar-refractivity contribution in [1.82, 2.24) is 14.5 Å². The number of aliphatic hydroxyl groups excluding tert-OH is 1. The third-order valence-electron chi connectivity index (χ3n) is 4.68. The fourth-order valence-corrected chi connectivity index (χ4v) is 3.56. The maximum absolute atomic E-state index is 9.30. The van der Waals surface area contributed by atoms with E-state index in [0.29, 0.717) is 24.6 Å². The van der Waals surface area contributed by atoms with Crippen LogP contribution in [0.1, 0.15) is 50.7 Å². The zero-order chi connectivity index (χ0) is 13.4. The number of fused-ring (bicyclic) bond motifs is 1. The fourth-order valence-electron chi connectivity index (χ4n) is 3.56. The Hall–Kier alpha value is -0.870. The smallest absolute Gasteiger partial charge is 0.109 e. The minimum atomic E-state index is 0.295. The lowest BCUT2D eigenvalue weighted by Gasteiger charge is -2.26. The highest BCUT2D eigenvalue weighted by atomic mass is 16.3. The van der Waals surface area contributed by atoms with Gasteiger partial charge in [-0.1, -0.05) is 0 Å². The van der Waals surface area contributed by atoms with Crippen molar-refractivity contribution in [3.05, 3.63) is 17.7 Å². The Labute approximate surface area is 115 Å². The van der Waals surface area contributed by atoms with E-state index < -0.39 is 0 Å². The average Bonchev–Trinajstić information content (AvgIpc) is 3.03. The van der Waals surface area contributed by atoms with Crippen molar-refractivity contribution < 1.29 is 5.11 Å². The summed E-state index contributed by atoms with van der Waals surface area (Å²) >= 11 is 0. The monoisotopic (exact) mass is 263 g/mol. The Bertz CT molecular complexity index is 441. The molecule has 1 N–H and O–H groups in total. The van der Waals surface area contributed by atoms with Crippen LogP contribution in [-0.2, 0) is 13.0 Å². The van der Waals surface area contributed by atoms with Crippen molar-refractivity contribution in [2.75, 3.05) is 13.2 Å². The second-order valence-corrected chi connectivity index (χ2v) is 6.31. The first kappa shape index (κ1) is 13.1. The Morgan fingerprint density at radius 3 is 2.95 bits per heavy atom. The second-order valence-electron chi connectivity index (χ2n) is 6.31. The summed E-state index contributed by atoms with van der Waals surface area (Å²) in [6, 6.07) is 1.10. The molecule has 2 aliphatic rings. The molecule has 0 amide bonds. The molecule has 4 heteroatoms. The highest BCUT2D eigenvalue weighted by Crippen LogP contribution is 2.34. The summed E-state index contributed by atoms with van der Waals surface area (Å²) in [6.07, 6.45) is 6.79. The van der Waals surface area contributed by atoms with Gasteiger partial charge in [0.1, 0.15) is 5.82 Å². The number of rotatable bonds is 3. The van der Waals surface area contributed by atoms with Crippen molar-refractivity contribution in [2.24, 2.45) is 5.92 Å². The summed E-state index contributed by atoms with van der Waals surface area (Å²) in [7, 11) is 0. The largest absolute Gasteiger partial charge is 0.396 e. The maximum atomic E-state index is 9.30. The summed E-state index contributed by atoms with van der Waals surface area (Å²) in [5.41, 5.74) is 1.25. The predicted octanol–water partition coefficient (Wildman–Crippen LogP) is 1.98. The third-order valence-corrected chi connectivity index (χ3v) is 4.68. The molecular formula is C15H25N3O. The molecule has 2 aliphatic heterocycles. The number of aryl methyl sites for hydroxylation is 1. The Kier molecular flexibility index (Phi) is 3.63. The molecule has 1 aromatic rings. The van der Waals surface area contributed by atoms with E-state index in [1.54, 1.807) is 0 Å². The molecule has 106 valence electrons. The molecule has 1 aromatic heterocycles. The van der Waals surface area contributed by atoms with Crippen LogP contribution < -0.4 is 0 Å². The summed E-state index contributed by atoms with van der Waals surface area (Å²) < 4.78 is 2.30. The number of likely N-dealkylation sites (tertiary alicyclic amines) is 1. The molecule has 4 nitrogen and oxygen atoms in total. The summed E-state index contributed by atoms with van der Waals surface area (Å²) in [5, 5.41) is 9.30. The first-order chi connectivity index (χ1) is 9.19. The van der Waals surface area contributed by atoms with Crippen LogP contribution in [0.5, 0.6) is 0 Å². The number of aliphatic hydroxyl groups is 1. The molecule has 3 rings (SSSR count). The molecule has 1 fully saturated rings. The molecule has 2 unspecified atom stereocenters. The van der Waals surface area contributed by atoms with E-state index in [9.17, 15) is 5.11 Å². The van der Waals surface area contributed by atoms with Crippen LogP contribution in [0.3, 0.4) is 0 Å². The standard InChI is InChI=1S/C15H25N3O/c1-11(2)18-6-3-4-14(18)13-9-17-7-5-12(10-19)8-15(17)16-13/h9,11-12,14,19H,3-8,10H2,1-2H3. The molecule has 2 atom stereocenters. The fraction of sp³-hybridized carbons (Fsp3) is 0.800. The van der Waals surface area contributed by atoms with Gasteiger partial charge in [0.25, 0.3) is 0 Å². The van der Waals surface area contributed by atoms with Gasteiger partial charge in [0.15, 0.2) is 0 Å². The van der Waals surface area contributed by atoms with Crippen LogP contribution in [0.2, 0.25) is 0 Å². The average molecular weight is 263 g/mol. The quantitative estimate of drug-likeness (QED) is 0.906. The number of nitrogens with zero attached hydrogens (tertiary/aromatic N) is 3. The lowest BCUT2D eigenvalue weighted by Crippen LogP contribution is -2.30. The summed E-state index contributed by atoms with van der Waals surface area (Å²) in [5.74, 6) is 1.59. The molecule has 0 bridgehead atoms. The van der Waals surface area contributed by atoms with Crippen molar-refractivity contribution in [3.8, 4) is 0 Å². The lowest BCUT2D eigenvalue weighted by atomic mass is 9.99. The maximum Gasteiger partial charge on any atom is 0.109 e. The van der Waals surface area contributed by atoms with Crippen LogP contribution >= 0.6 is 0 Å². The highest BCUT2D eigenvalue weighted by Gasteiger charge is 2.31. The van der Waals surface area contributed by atoms with Gasteiger partial charge in [0.05, 0.1) is 11.7 Å². The van der Waals surface area contributed by atoms with Crippen molar-refractivity contribution >= 4 is 0 Å². The SMILES string of the molecule is CC(C)N1CCCC1c1cn2c(n1)CC(CO)CC2. The zero-order valence-electron chi connectivity index (χ0n) is 12.0. The van der Waals surface area contributed by atoms with Gasteiger partial charge in [-0.05, 0) is 45.6 Å². The van der Waals surface area contributed by atoms with Gasteiger partial charge in [-0.2, -0.15) is 0 Å². The first-order valence-corrected chi connectivity index (χ1v) is 7.61. The molecule has 0 aliphatic carbocycles. The van der Waals surface area contributed by atoms with Gasteiger partial charge in [-0.3, -0.25) is 4.90 Å².